The first-order chi connectivity index (χ1) is 12.9. The predicted octanol–water partition coefficient (Wildman–Crippen LogP) is 4.93. The summed E-state index contributed by atoms with van der Waals surface area (Å²) in [6.45, 7) is 12.0. The van der Waals surface area contributed by atoms with E-state index in [0.29, 0.717) is 0 Å². The molecule has 24 heavy (non-hydrogen) atoms. The van der Waals surface area contributed by atoms with Crippen LogP contribution in [0.4, 0.5) is 0 Å². The van der Waals surface area contributed by atoms with Gasteiger partial charge < -0.3 is 0 Å². The second kappa shape index (κ2) is 6.48. The van der Waals surface area contributed by atoms with Gasteiger partial charge in [0.25, 0.3) is 0 Å². The molecule has 0 aliphatic rings. The molecular weight excluding hydrogens is 306 g/mol. The number of benzene rings is 1. The van der Waals surface area contributed by atoms with E-state index in [1.165, 1.54) is 5.19 Å². The molecule has 2 rings (SSSR count). The summed E-state index contributed by atoms with van der Waals surface area (Å²) < 4.78 is 43.3. The van der Waals surface area contributed by atoms with Crippen molar-refractivity contribution in [1.82, 2.24) is 0 Å². The van der Waals surface area contributed by atoms with E-state index in [9.17, 15) is 0 Å². The summed E-state index contributed by atoms with van der Waals surface area (Å²) in [5, 5.41) is 1.32. The second-order valence-electron chi connectivity index (χ2n) is 8.75. The molecule has 0 unspecified atom stereocenters. The minimum atomic E-state index is -2.39. The summed E-state index contributed by atoms with van der Waals surface area (Å²) >= 11 is 0. The zero-order valence-electron chi connectivity index (χ0n) is 21.3. The van der Waals surface area contributed by atoms with Crippen LogP contribution in [-0.2, 0) is 13.4 Å². The average molecular weight is 346 g/mol. The highest BCUT2D eigenvalue weighted by Gasteiger charge is 2.22. The van der Waals surface area contributed by atoms with E-state index in [1.807, 2.05) is 18.5 Å². The molecule has 0 saturated heterocycles. The first-order valence-electron chi connectivity index (χ1n) is 11.0. The Kier molecular flexibility index (Phi) is 3.48. The standard InChI is InChI=1S/C22H34NSi/c1-16-10-11-19(24(7,8)9)13-20(16)21-12-18(14-22(3,4)5)17(2)15-23(21)6/h10-13,15H,14H2,1-9H3/q+1/i2D3,14D2. The van der Waals surface area contributed by atoms with Crippen LogP contribution in [0.5, 0.6) is 0 Å². The van der Waals surface area contributed by atoms with Crippen LogP contribution in [0.15, 0.2) is 30.5 Å². The lowest BCUT2D eigenvalue weighted by atomic mass is 9.86. The second-order valence-corrected chi connectivity index (χ2v) is 13.8. The van der Waals surface area contributed by atoms with E-state index in [-0.39, 0.29) is 11.1 Å². The molecule has 0 N–H and O–H groups in total. The topological polar surface area (TPSA) is 3.88 Å². The third kappa shape index (κ3) is 4.35. The summed E-state index contributed by atoms with van der Waals surface area (Å²) in [4.78, 5) is 0. The molecule has 1 aromatic carbocycles. The van der Waals surface area contributed by atoms with Crippen molar-refractivity contribution < 1.29 is 11.4 Å². The van der Waals surface area contributed by atoms with Crippen molar-refractivity contribution in [3.05, 3.63) is 47.2 Å². The molecule has 0 aliphatic heterocycles. The van der Waals surface area contributed by atoms with Crippen LogP contribution in [0, 0.1) is 19.2 Å². The fourth-order valence-electron chi connectivity index (χ4n) is 2.79. The number of hydrogen-bond donors (Lipinski definition) is 0. The monoisotopic (exact) mass is 345 g/mol. The van der Waals surface area contributed by atoms with Gasteiger partial charge >= 0.3 is 0 Å². The Balaban J connectivity index is 2.89. The number of rotatable bonds is 3. The van der Waals surface area contributed by atoms with Gasteiger partial charge in [-0.05, 0) is 42.8 Å². The molecule has 2 heteroatoms. The Hall–Kier alpha value is -1.41. The summed E-state index contributed by atoms with van der Waals surface area (Å²) in [6, 6.07) is 8.24. The largest absolute Gasteiger partial charge is 0.212 e. The van der Waals surface area contributed by atoms with Gasteiger partial charge in [-0.2, -0.15) is 0 Å². The minimum Gasteiger partial charge on any atom is -0.201 e. The molecule has 1 nitrogen and oxygen atoms in total. The lowest BCUT2D eigenvalue weighted by Gasteiger charge is -2.20. The third-order valence-corrected chi connectivity index (χ3v) is 6.21. The minimum absolute atomic E-state index is 0.0719. The van der Waals surface area contributed by atoms with Gasteiger partial charge in [0.1, 0.15) is 7.05 Å². The lowest BCUT2D eigenvalue weighted by molar-refractivity contribution is -0.660. The van der Waals surface area contributed by atoms with Gasteiger partial charge in [0.05, 0.1) is 8.07 Å². The number of aromatic nitrogens is 1. The van der Waals surface area contributed by atoms with Crippen molar-refractivity contribution in [3.63, 3.8) is 0 Å². The van der Waals surface area contributed by atoms with E-state index in [1.54, 1.807) is 33.0 Å². The highest BCUT2D eigenvalue weighted by Crippen LogP contribution is 2.27. The van der Waals surface area contributed by atoms with Crippen LogP contribution in [0.25, 0.3) is 11.3 Å². The molecule has 0 aliphatic carbocycles. The molecule has 1 aromatic heterocycles. The quantitative estimate of drug-likeness (QED) is 0.548. The van der Waals surface area contributed by atoms with E-state index < -0.39 is 26.7 Å². The Labute approximate surface area is 156 Å². The molecule has 0 saturated carbocycles. The Morgan fingerprint density at radius 2 is 1.79 bits per heavy atom. The average Bonchev–Trinajstić information content (AvgIpc) is 2.52. The van der Waals surface area contributed by atoms with Gasteiger partial charge in [-0.25, -0.2) is 4.57 Å². The summed E-state index contributed by atoms with van der Waals surface area (Å²) in [7, 11) is 0.303. The van der Waals surface area contributed by atoms with Crippen LogP contribution >= 0.6 is 0 Å². The zero-order valence-corrected chi connectivity index (χ0v) is 17.3. The molecule has 0 bridgehead atoms. The maximum Gasteiger partial charge on any atom is 0.212 e. The van der Waals surface area contributed by atoms with Crippen molar-refractivity contribution in [1.29, 1.82) is 0 Å². The van der Waals surface area contributed by atoms with Crippen molar-refractivity contribution in [2.45, 2.75) is 60.6 Å². The number of pyridine rings is 1. The Morgan fingerprint density at radius 3 is 2.33 bits per heavy atom. The molecule has 0 amide bonds. The molecule has 0 atom stereocenters. The molecular formula is C22H34NSi+. The molecule has 0 radical (unpaired) electrons. The first-order valence-corrected chi connectivity index (χ1v) is 12.0. The third-order valence-electron chi connectivity index (χ3n) is 4.16. The van der Waals surface area contributed by atoms with Gasteiger partial charge in [-0.1, -0.05) is 57.7 Å². The highest BCUT2D eigenvalue weighted by atomic mass is 28.3. The Morgan fingerprint density at radius 1 is 1.12 bits per heavy atom. The van der Waals surface area contributed by atoms with Gasteiger partial charge in [0.15, 0.2) is 6.20 Å². The van der Waals surface area contributed by atoms with Crippen LogP contribution < -0.4 is 9.75 Å². The van der Waals surface area contributed by atoms with E-state index in [4.69, 9.17) is 6.85 Å². The van der Waals surface area contributed by atoms with E-state index >= 15 is 0 Å². The van der Waals surface area contributed by atoms with Gasteiger partial charge in [-0.15, -0.1) is 0 Å². The van der Waals surface area contributed by atoms with Crippen molar-refractivity contribution in [2.75, 3.05) is 0 Å². The highest BCUT2D eigenvalue weighted by molar-refractivity contribution is 6.88. The Bertz CT molecular complexity index is 919. The van der Waals surface area contributed by atoms with Crippen LogP contribution in [0.1, 0.15) is 44.3 Å². The van der Waals surface area contributed by atoms with Gasteiger partial charge in [-0.3, -0.25) is 0 Å². The SMILES string of the molecule is [2H]C([2H])([2H])c1c[n+](C)c(-c2cc([Si](C)(C)C)ccc2C)cc1C([2H])([2H])C(C)(C)C. The normalized spacial score (nSPS) is 16.8. The molecule has 130 valence electrons. The fourth-order valence-corrected chi connectivity index (χ4v) is 3.95. The van der Waals surface area contributed by atoms with Crippen LogP contribution in [-0.4, -0.2) is 8.07 Å². The van der Waals surface area contributed by atoms with Crippen molar-refractivity contribution in [2.24, 2.45) is 12.5 Å². The van der Waals surface area contributed by atoms with Crippen molar-refractivity contribution >= 4 is 13.3 Å². The van der Waals surface area contributed by atoms with Crippen LogP contribution in [0.3, 0.4) is 0 Å². The smallest absolute Gasteiger partial charge is 0.201 e. The van der Waals surface area contributed by atoms with Gasteiger partial charge in [0.2, 0.25) is 5.69 Å². The van der Waals surface area contributed by atoms with Crippen LogP contribution in [0.2, 0.25) is 19.6 Å². The number of aryl methyl sites for hydroxylation is 3. The molecule has 1 heterocycles. The molecule has 0 spiro atoms. The summed E-state index contributed by atoms with van der Waals surface area (Å²) in [5.74, 6) is 0. The lowest BCUT2D eigenvalue weighted by Crippen LogP contribution is -2.38. The number of hydrogen-bond acceptors (Lipinski definition) is 0. The zero-order chi connectivity index (χ0) is 22.6. The van der Waals surface area contributed by atoms with Gasteiger partial charge in [0, 0.05) is 24.0 Å². The van der Waals surface area contributed by atoms with E-state index in [0.717, 1.165) is 16.8 Å². The number of nitrogens with zero attached hydrogens (tertiary/aromatic N) is 1. The predicted molar refractivity (Wildman–Crippen MR) is 109 cm³/mol. The van der Waals surface area contributed by atoms with Crippen molar-refractivity contribution in [3.8, 4) is 11.3 Å². The maximum absolute atomic E-state index is 8.78. The molecule has 0 fully saturated rings. The molecule has 2 aromatic rings. The first kappa shape index (κ1) is 12.9. The maximum atomic E-state index is 8.78. The van der Waals surface area contributed by atoms with E-state index in [2.05, 4.69) is 37.8 Å². The summed E-state index contributed by atoms with van der Waals surface area (Å²) in [6.07, 6.45) is -0.216. The summed E-state index contributed by atoms with van der Waals surface area (Å²) in [5.41, 5.74) is 2.51. The fraction of sp³-hybridized carbons (Fsp3) is 0.500.